The van der Waals surface area contributed by atoms with Gasteiger partial charge in [0.1, 0.15) is 11.6 Å². The van der Waals surface area contributed by atoms with Gasteiger partial charge >= 0.3 is 0 Å². The van der Waals surface area contributed by atoms with Crippen LogP contribution in [0.2, 0.25) is 0 Å². The van der Waals surface area contributed by atoms with Crippen LogP contribution in [0.15, 0.2) is 41.0 Å². The SMILES string of the molecule is CCCCCN1C(=O)C(C#N)=C(C)/C(=C/c2ccc(N(C)C)cc2)C1=O. The van der Waals surface area contributed by atoms with E-state index in [-0.39, 0.29) is 11.5 Å². The van der Waals surface area contributed by atoms with Gasteiger partial charge in [0.05, 0.1) is 0 Å². The summed E-state index contributed by atoms with van der Waals surface area (Å²) in [6, 6.07) is 9.75. The Hall–Kier alpha value is -2.87. The van der Waals surface area contributed by atoms with Gasteiger partial charge in [-0.2, -0.15) is 5.26 Å². The summed E-state index contributed by atoms with van der Waals surface area (Å²) in [6.45, 7) is 4.08. The number of hydrogen-bond acceptors (Lipinski definition) is 4. The van der Waals surface area contributed by atoms with E-state index in [1.54, 1.807) is 13.0 Å². The third-order valence-electron chi connectivity index (χ3n) is 4.53. The maximum Gasteiger partial charge on any atom is 0.271 e. The van der Waals surface area contributed by atoms with Gasteiger partial charge in [0, 0.05) is 31.9 Å². The molecule has 1 aliphatic rings. The molecule has 0 unspecified atom stereocenters. The second-order valence-corrected chi connectivity index (χ2v) is 6.62. The lowest BCUT2D eigenvalue weighted by atomic mass is 9.93. The molecule has 136 valence electrons. The fourth-order valence-electron chi connectivity index (χ4n) is 2.89. The zero-order valence-corrected chi connectivity index (χ0v) is 15.9. The minimum absolute atomic E-state index is 0.0530. The van der Waals surface area contributed by atoms with Crippen LogP contribution in [0.25, 0.3) is 6.08 Å². The Labute approximate surface area is 155 Å². The number of hydrogen-bond donors (Lipinski definition) is 0. The molecule has 1 aliphatic heterocycles. The number of unbranched alkanes of at least 4 members (excludes halogenated alkanes) is 2. The fourth-order valence-corrected chi connectivity index (χ4v) is 2.89. The Kier molecular flexibility index (Phi) is 6.35. The van der Waals surface area contributed by atoms with Gasteiger partial charge in [-0.15, -0.1) is 0 Å². The molecule has 0 bridgehead atoms. The molecule has 0 fully saturated rings. The fraction of sp³-hybridized carbons (Fsp3) is 0.381. The number of nitriles is 1. The molecule has 0 saturated heterocycles. The number of benzene rings is 1. The number of anilines is 1. The van der Waals surface area contributed by atoms with Crippen LogP contribution in [-0.2, 0) is 9.59 Å². The normalized spacial score (nSPS) is 16.3. The van der Waals surface area contributed by atoms with Gasteiger partial charge in [0.15, 0.2) is 0 Å². The topological polar surface area (TPSA) is 64.4 Å². The van der Waals surface area contributed by atoms with Crippen molar-refractivity contribution in [1.29, 1.82) is 5.26 Å². The van der Waals surface area contributed by atoms with Crippen LogP contribution in [0.3, 0.4) is 0 Å². The molecular weight excluding hydrogens is 326 g/mol. The van der Waals surface area contributed by atoms with E-state index < -0.39 is 5.91 Å². The van der Waals surface area contributed by atoms with E-state index in [1.807, 2.05) is 49.3 Å². The summed E-state index contributed by atoms with van der Waals surface area (Å²) < 4.78 is 0. The van der Waals surface area contributed by atoms with Crippen LogP contribution in [0.1, 0.15) is 38.7 Å². The highest BCUT2D eigenvalue weighted by atomic mass is 16.2. The molecule has 0 saturated carbocycles. The van der Waals surface area contributed by atoms with E-state index in [1.165, 1.54) is 4.90 Å². The number of carbonyl (C=O) groups is 2. The Bertz CT molecular complexity index is 796. The van der Waals surface area contributed by atoms with Gasteiger partial charge in [-0.05, 0) is 42.7 Å². The van der Waals surface area contributed by atoms with Crippen molar-refractivity contribution >= 4 is 23.6 Å². The quantitative estimate of drug-likeness (QED) is 0.447. The molecule has 26 heavy (non-hydrogen) atoms. The van der Waals surface area contributed by atoms with Crippen molar-refractivity contribution in [3.05, 3.63) is 46.5 Å². The van der Waals surface area contributed by atoms with Crippen molar-refractivity contribution in [3.63, 3.8) is 0 Å². The zero-order chi connectivity index (χ0) is 19.3. The van der Waals surface area contributed by atoms with E-state index in [9.17, 15) is 14.9 Å². The number of nitrogens with zero attached hydrogens (tertiary/aromatic N) is 3. The summed E-state index contributed by atoms with van der Waals surface area (Å²) in [4.78, 5) is 28.6. The monoisotopic (exact) mass is 351 g/mol. The lowest BCUT2D eigenvalue weighted by Gasteiger charge is -2.27. The highest BCUT2D eigenvalue weighted by Crippen LogP contribution is 2.27. The van der Waals surface area contributed by atoms with E-state index in [4.69, 9.17) is 0 Å². The van der Waals surface area contributed by atoms with Crippen molar-refractivity contribution in [2.75, 3.05) is 25.5 Å². The minimum atomic E-state index is -0.480. The van der Waals surface area contributed by atoms with Gasteiger partial charge in [-0.25, -0.2) is 0 Å². The van der Waals surface area contributed by atoms with E-state index >= 15 is 0 Å². The second kappa shape index (κ2) is 8.48. The van der Waals surface area contributed by atoms with Crippen molar-refractivity contribution in [1.82, 2.24) is 4.90 Å². The maximum atomic E-state index is 12.9. The standard InChI is InChI=1S/C21H25N3O2/c1-5-6-7-12-24-20(25)18(15(2)19(14-22)21(24)26)13-16-8-10-17(11-9-16)23(3)4/h8-11,13H,5-7,12H2,1-4H3/b18-13-. The van der Waals surface area contributed by atoms with Crippen molar-refractivity contribution in [2.45, 2.75) is 33.1 Å². The summed E-state index contributed by atoms with van der Waals surface area (Å²) in [5.74, 6) is -0.800. The third kappa shape index (κ3) is 4.02. The lowest BCUT2D eigenvalue weighted by molar-refractivity contribution is -0.140. The predicted octanol–water partition coefficient (Wildman–Crippen LogP) is 3.54. The Balaban J connectivity index is 2.41. The Morgan fingerprint density at radius 3 is 2.31 bits per heavy atom. The first kappa shape index (κ1) is 19.5. The number of rotatable bonds is 6. The average molecular weight is 351 g/mol. The Morgan fingerprint density at radius 2 is 1.77 bits per heavy atom. The molecule has 0 N–H and O–H groups in total. The van der Waals surface area contributed by atoms with Crippen LogP contribution in [0.4, 0.5) is 5.69 Å². The summed E-state index contributed by atoms with van der Waals surface area (Å²) in [5, 5.41) is 9.39. The first-order valence-electron chi connectivity index (χ1n) is 8.87. The van der Waals surface area contributed by atoms with Gasteiger partial charge in [-0.1, -0.05) is 31.9 Å². The lowest BCUT2D eigenvalue weighted by Crippen LogP contribution is -2.43. The van der Waals surface area contributed by atoms with Crippen LogP contribution in [-0.4, -0.2) is 37.4 Å². The van der Waals surface area contributed by atoms with Crippen LogP contribution in [0.5, 0.6) is 0 Å². The molecule has 2 amide bonds. The van der Waals surface area contributed by atoms with Crippen molar-refractivity contribution in [2.24, 2.45) is 0 Å². The molecular formula is C21H25N3O2. The largest absolute Gasteiger partial charge is 0.378 e. The summed E-state index contributed by atoms with van der Waals surface area (Å²) in [5.41, 5.74) is 2.83. The number of carbonyl (C=O) groups excluding carboxylic acids is 2. The molecule has 1 aromatic rings. The summed E-state index contributed by atoms with van der Waals surface area (Å²) in [6.07, 6.45) is 4.44. The molecule has 1 heterocycles. The second-order valence-electron chi connectivity index (χ2n) is 6.62. The van der Waals surface area contributed by atoms with Crippen LogP contribution < -0.4 is 4.90 Å². The molecule has 0 aromatic heterocycles. The highest BCUT2D eigenvalue weighted by Gasteiger charge is 2.34. The molecule has 0 radical (unpaired) electrons. The van der Waals surface area contributed by atoms with Gasteiger partial charge < -0.3 is 4.90 Å². The number of amides is 2. The van der Waals surface area contributed by atoms with Crippen molar-refractivity contribution < 1.29 is 9.59 Å². The first-order valence-corrected chi connectivity index (χ1v) is 8.87. The van der Waals surface area contributed by atoms with Crippen LogP contribution in [0, 0.1) is 11.3 Å². The maximum absolute atomic E-state index is 12.9. The highest BCUT2D eigenvalue weighted by molar-refractivity contribution is 6.19. The van der Waals surface area contributed by atoms with Gasteiger partial charge in [0.25, 0.3) is 11.8 Å². The molecule has 0 atom stereocenters. The predicted molar refractivity (Wildman–Crippen MR) is 103 cm³/mol. The van der Waals surface area contributed by atoms with E-state index in [2.05, 4.69) is 6.92 Å². The molecule has 2 rings (SSSR count). The molecule has 0 aliphatic carbocycles. The van der Waals surface area contributed by atoms with E-state index in [0.717, 1.165) is 30.5 Å². The van der Waals surface area contributed by atoms with Gasteiger partial charge in [-0.3, -0.25) is 14.5 Å². The third-order valence-corrected chi connectivity index (χ3v) is 4.53. The first-order chi connectivity index (χ1) is 12.4. The minimum Gasteiger partial charge on any atom is -0.378 e. The average Bonchev–Trinajstić information content (AvgIpc) is 2.62. The van der Waals surface area contributed by atoms with E-state index in [0.29, 0.717) is 17.7 Å². The van der Waals surface area contributed by atoms with Crippen molar-refractivity contribution in [3.8, 4) is 6.07 Å². The smallest absolute Gasteiger partial charge is 0.271 e. The Morgan fingerprint density at radius 1 is 1.12 bits per heavy atom. The van der Waals surface area contributed by atoms with Crippen LogP contribution >= 0.6 is 0 Å². The summed E-state index contributed by atoms with van der Waals surface area (Å²) >= 11 is 0. The molecule has 5 heteroatoms. The van der Waals surface area contributed by atoms with Gasteiger partial charge in [0.2, 0.25) is 0 Å². The molecule has 5 nitrogen and oxygen atoms in total. The number of imide groups is 1. The molecule has 1 aromatic carbocycles. The molecule has 0 spiro atoms. The zero-order valence-electron chi connectivity index (χ0n) is 15.9. The summed E-state index contributed by atoms with van der Waals surface area (Å²) in [7, 11) is 3.92.